The molecule has 0 bridgehead atoms. The van der Waals surface area contributed by atoms with E-state index in [4.69, 9.17) is 4.84 Å². The molecule has 1 saturated heterocycles. The van der Waals surface area contributed by atoms with Crippen molar-refractivity contribution < 1.29 is 4.84 Å². The Hall–Kier alpha value is -0.860. The van der Waals surface area contributed by atoms with Crippen LogP contribution >= 0.6 is 0 Å². The zero-order valence-electron chi connectivity index (χ0n) is 6.86. The molecule has 12 heavy (non-hydrogen) atoms. The van der Waals surface area contributed by atoms with E-state index in [1.165, 1.54) is 24.0 Å². The highest BCUT2D eigenvalue weighted by atomic mass is 16.8. The molecule has 62 valence electrons. The predicted molar refractivity (Wildman–Crippen MR) is 45.3 cm³/mol. The highest BCUT2D eigenvalue weighted by Crippen LogP contribution is 2.40. The molecule has 0 N–H and O–H groups in total. The van der Waals surface area contributed by atoms with Gasteiger partial charge < -0.3 is 0 Å². The van der Waals surface area contributed by atoms with Crippen molar-refractivity contribution >= 4 is 0 Å². The quantitative estimate of drug-likeness (QED) is 0.540. The van der Waals surface area contributed by atoms with Crippen molar-refractivity contribution in [2.75, 3.05) is 6.54 Å². The second kappa shape index (κ2) is 2.31. The highest BCUT2D eigenvalue weighted by molar-refractivity contribution is 5.31. The van der Waals surface area contributed by atoms with Crippen LogP contribution in [0.15, 0.2) is 24.3 Å². The maximum Gasteiger partial charge on any atom is 0.180 e. The van der Waals surface area contributed by atoms with Crippen LogP contribution in [0, 0.1) is 0 Å². The minimum atomic E-state index is 0.281. The topological polar surface area (TPSA) is 15.5 Å². The van der Waals surface area contributed by atoms with Crippen molar-refractivity contribution in [2.24, 2.45) is 0 Å². The lowest BCUT2D eigenvalue weighted by Crippen LogP contribution is -1.97. The summed E-state index contributed by atoms with van der Waals surface area (Å²) in [6, 6.07) is 8.58. The molecule has 0 saturated carbocycles. The lowest BCUT2D eigenvalue weighted by Gasteiger charge is -2.01. The fraction of sp³-hybridized carbons (Fsp3) is 0.400. The minimum absolute atomic E-state index is 0.281. The van der Waals surface area contributed by atoms with Crippen LogP contribution in [0.25, 0.3) is 0 Å². The number of rotatable bonds is 0. The highest BCUT2D eigenvalue weighted by Gasteiger charge is 2.40. The summed E-state index contributed by atoms with van der Waals surface area (Å²) >= 11 is 0. The van der Waals surface area contributed by atoms with Crippen LogP contribution in [0.5, 0.6) is 0 Å². The van der Waals surface area contributed by atoms with Gasteiger partial charge in [0.15, 0.2) is 6.23 Å². The maximum absolute atomic E-state index is 5.42. The summed E-state index contributed by atoms with van der Waals surface area (Å²) in [4.78, 5) is 5.42. The Labute approximate surface area is 71.7 Å². The van der Waals surface area contributed by atoms with E-state index < -0.39 is 0 Å². The summed E-state index contributed by atoms with van der Waals surface area (Å²) in [5.74, 6) is 0. The SMILES string of the molecule is c1ccc2c(c1)CCCN1OC21. The van der Waals surface area contributed by atoms with E-state index in [0.29, 0.717) is 0 Å². The van der Waals surface area contributed by atoms with Gasteiger partial charge in [-0.1, -0.05) is 24.3 Å². The van der Waals surface area contributed by atoms with E-state index in [0.717, 1.165) is 6.54 Å². The zero-order chi connectivity index (χ0) is 7.97. The summed E-state index contributed by atoms with van der Waals surface area (Å²) in [7, 11) is 0. The molecule has 2 aliphatic rings. The van der Waals surface area contributed by atoms with Gasteiger partial charge in [-0.05, 0) is 18.4 Å². The fourth-order valence-electron chi connectivity index (χ4n) is 1.91. The fourth-order valence-corrected chi connectivity index (χ4v) is 1.91. The van der Waals surface area contributed by atoms with E-state index in [1.807, 2.05) is 0 Å². The van der Waals surface area contributed by atoms with Crippen LogP contribution in [0.2, 0.25) is 0 Å². The van der Waals surface area contributed by atoms with E-state index in [9.17, 15) is 0 Å². The Kier molecular flexibility index (Phi) is 1.28. The van der Waals surface area contributed by atoms with E-state index in [-0.39, 0.29) is 6.23 Å². The number of hydroxylamine groups is 2. The Bertz CT molecular complexity index is 310. The molecule has 0 aromatic heterocycles. The molecule has 0 radical (unpaired) electrons. The number of aryl methyl sites for hydroxylation is 1. The lowest BCUT2D eigenvalue weighted by atomic mass is 10.0. The van der Waals surface area contributed by atoms with Crippen LogP contribution in [0.1, 0.15) is 23.8 Å². The predicted octanol–water partition coefficient (Wildman–Crippen LogP) is 1.88. The van der Waals surface area contributed by atoms with Gasteiger partial charge in [-0.25, -0.2) is 0 Å². The monoisotopic (exact) mass is 161 g/mol. The third kappa shape index (κ3) is 0.886. The molecule has 2 aliphatic heterocycles. The van der Waals surface area contributed by atoms with Gasteiger partial charge in [0.1, 0.15) is 0 Å². The molecule has 2 atom stereocenters. The van der Waals surface area contributed by atoms with E-state index >= 15 is 0 Å². The smallest absolute Gasteiger partial charge is 0.180 e. The third-order valence-corrected chi connectivity index (χ3v) is 2.60. The first-order valence-corrected chi connectivity index (χ1v) is 4.46. The maximum atomic E-state index is 5.42. The Morgan fingerprint density at radius 3 is 3.25 bits per heavy atom. The molecule has 2 unspecified atom stereocenters. The zero-order valence-corrected chi connectivity index (χ0v) is 6.86. The van der Waals surface area contributed by atoms with Crippen LogP contribution in [-0.4, -0.2) is 11.6 Å². The third-order valence-electron chi connectivity index (χ3n) is 2.60. The first-order valence-electron chi connectivity index (χ1n) is 4.46. The second-order valence-electron chi connectivity index (χ2n) is 3.40. The van der Waals surface area contributed by atoms with Gasteiger partial charge >= 0.3 is 0 Å². The summed E-state index contributed by atoms with van der Waals surface area (Å²) in [6.07, 6.45) is 2.70. The largest absolute Gasteiger partial charge is 0.270 e. The molecule has 1 aromatic carbocycles. The van der Waals surface area contributed by atoms with Crippen LogP contribution in [-0.2, 0) is 11.3 Å². The summed E-state index contributed by atoms with van der Waals surface area (Å²) in [5, 5.41) is 2.06. The molecule has 3 rings (SSSR count). The molecule has 2 heterocycles. The van der Waals surface area contributed by atoms with Crippen molar-refractivity contribution in [2.45, 2.75) is 19.1 Å². The van der Waals surface area contributed by atoms with Gasteiger partial charge in [-0.15, -0.1) is 0 Å². The Morgan fingerprint density at radius 2 is 2.25 bits per heavy atom. The molecule has 0 amide bonds. The summed E-state index contributed by atoms with van der Waals surface area (Å²) in [5.41, 5.74) is 2.83. The molecular formula is C10H11NO. The van der Waals surface area contributed by atoms with Crippen molar-refractivity contribution in [3.63, 3.8) is 0 Å². The van der Waals surface area contributed by atoms with Crippen LogP contribution < -0.4 is 0 Å². The molecule has 0 spiro atoms. The minimum Gasteiger partial charge on any atom is -0.270 e. The van der Waals surface area contributed by atoms with E-state index in [1.54, 1.807) is 0 Å². The normalized spacial score (nSPS) is 31.7. The van der Waals surface area contributed by atoms with Crippen molar-refractivity contribution in [3.8, 4) is 0 Å². The number of benzene rings is 1. The van der Waals surface area contributed by atoms with Gasteiger partial charge in [0.25, 0.3) is 0 Å². The van der Waals surface area contributed by atoms with Gasteiger partial charge in [-0.2, -0.15) is 5.06 Å². The van der Waals surface area contributed by atoms with Gasteiger partial charge in [-0.3, -0.25) is 4.84 Å². The van der Waals surface area contributed by atoms with Crippen molar-refractivity contribution in [1.82, 2.24) is 5.06 Å². The molecule has 1 fully saturated rings. The first-order chi connectivity index (χ1) is 5.95. The average Bonchev–Trinajstić information content (AvgIpc) is 2.82. The standard InChI is InChI=1S/C10H11NO/c1-2-6-9-8(4-1)5-3-7-11-10(9)12-11/h1-2,4,6,10H,3,5,7H2. The number of hydrogen-bond donors (Lipinski definition) is 0. The Morgan fingerprint density at radius 1 is 1.33 bits per heavy atom. The van der Waals surface area contributed by atoms with Crippen molar-refractivity contribution in [3.05, 3.63) is 35.4 Å². The molecule has 1 aromatic rings. The summed E-state index contributed by atoms with van der Waals surface area (Å²) in [6.45, 7) is 1.08. The van der Waals surface area contributed by atoms with E-state index in [2.05, 4.69) is 29.3 Å². The molecular weight excluding hydrogens is 150 g/mol. The van der Waals surface area contributed by atoms with Gasteiger partial charge in [0.05, 0.1) is 0 Å². The van der Waals surface area contributed by atoms with Crippen LogP contribution in [0.3, 0.4) is 0 Å². The number of hydrogen-bond acceptors (Lipinski definition) is 2. The van der Waals surface area contributed by atoms with Crippen LogP contribution in [0.4, 0.5) is 0 Å². The molecule has 2 heteroatoms. The first kappa shape index (κ1) is 6.63. The lowest BCUT2D eigenvalue weighted by molar-refractivity contribution is 0.195. The average molecular weight is 161 g/mol. The number of fused-ring (bicyclic) bond motifs is 3. The summed E-state index contributed by atoms with van der Waals surface area (Å²) < 4.78 is 0. The molecule has 0 aliphatic carbocycles. The Balaban J connectivity index is 2.08. The number of nitrogens with zero attached hydrogens (tertiary/aromatic N) is 1. The van der Waals surface area contributed by atoms with Gasteiger partial charge in [0.2, 0.25) is 0 Å². The molecule has 2 nitrogen and oxygen atoms in total. The second-order valence-corrected chi connectivity index (χ2v) is 3.40. The van der Waals surface area contributed by atoms with Gasteiger partial charge in [0, 0.05) is 12.1 Å². The van der Waals surface area contributed by atoms with Crippen molar-refractivity contribution in [1.29, 1.82) is 0 Å².